The SMILES string of the molecule is Cc1nn(C)c(N(Cc2cccs2)C(C)C)c1C(=O)O. The van der Waals surface area contributed by atoms with Gasteiger partial charge < -0.3 is 10.0 Å². The number of hydrogen-bond acceptors (Lipinski definition) is 4. The highest BCUT2D eigenvalue weighted by molar-refractivity contribution is 7.09. The largest absolute Gasteiger partial charge is 0.477 e. The molecule has 2 heterocycles. The number of rotatable bonds is 5. The minimum absolute atomic E-state index is 0.185. The molecule has 0 saturated heterocycles. The van der Waals surface area contributed by atoms with Gasteiger partial charge in [0.25, 0.3) is 0 Å². The fourth-order valence-electron chi connectivity index (χ4n) is 2.30. The molecule has 0 saturated carbocycles. The summed E-state index contributed by atoms with van der Waals surface area (Å²) in [5, 5.41) is 15.7. The molecule has 0 radical (unpaired) electrons. The maximum atomic E-state index is 11.5. The maximum Gasteiger partial charge on any atom is 0.341 e. The van der Waals surface area contributed by atoms with Gasteiger partial charge in [-0.1, -0.05) is 6.07 Å². The number of anilines is 1. The highest BCUT2D eigenvalue weighted by atomic mass is 32.1. The first-order valence-corrected chi connectivity index (χ1v) is 7.35. The second-order valence-corrected chi connectivity index (χ2v) is 6.05. The summed E-state index contributed by atoms with van der Waals surface area (Å²) in [7, 11) is 1.79. The molecule has 108 valence electrons. The van der Waals surface area contributed by atoms with E-state index in [0.717, 1.165) is 0 Å². The number of carboxylic acid groups (broad SMARTS) is 1. The van der Waals surface area contributed by atoms with Gasteiger partial charge in [0.05, 0.1) is 12.2 Å². The monoisotopic (exact) mass is 293 g/mol. The Morgan fingerprint density at radius 2 is 2.25 bits per heavy atom. The minimum atomic E-state index is -0.928. The van der Waals surface area contributed by atoms with E-state index < -0.39 is 5.97 Å². The second kappa shape index (κ2) is 5.66. The predicted molar refractivity (Wildman–Crippen MR) is 80.5 cm³/mol. The lowest BCUT2D eigenvalue weighted by Crippen LogP contribution is -2.32. The average molecular weight is 293 g/mol. The Balaban J connectivity index is 2.47. The van der Waals surface area contributed by atoms with Crippen LogP contribution in [0.4, 0.5) is 5.82 Å². The molecule has 0 aromatic carbocycles. The van der Waals surface area contributed by atoms with E-state index in [1.807, 2.05) is 11.4 Å². The molecule has 2 aromatic rings. The van der Waals surface area contributed by atoms with Crippen LogP contribution in [-0.2, 0) is 13.6 Å². The van der Waals surface area contributed by atoms with Gasteiger partial charge in [0.2, 0.25) is 0 Å². The Labute approximate surface area is 122 Å². The molecule has 5 nitrogen and oxygen atoms in total. The molecular weight excluding hydrogens is 274 g/mol. The normalized spacial score (nSPS) is 11.1. The minimum Gasteiger partial charge on any atom is -0.477 e. The van der Waals surface area contributed by atoms with Crippen LogP contribution in [-0.4, -0.2) is 26.9 Å². The molecule has 0 atom stereocenters. The molecule has 0 amide bonds. The third-order valence-electron chi connectivity index (χ3n) is 3.21. The van der Waals surface area contributed by atoms with Crippen molar-refractivity contribution in [2.24, 2.45) is 7.05 Å². The zero-order chi connectivity index (χ0) is 14.9. The van der Waals surface area contributed by atoms with Crippen LogP contribution in [0.3, 0.4) is 0 Å². The number of carbonyl (C=O) groups is 1. The van der Waals surface area contributed by atoms with E-state index in [1.165, 1.54) is 4.88 Å². The zero-order valence-corrected chi connectivity index (χ0v) is 12.9. The summed E-state index contributed by atoms with van der Waals surface area (Å²) >= 11 is 1.67. The third-order valence-corrected chi connectivity index (χ3v) is 4.07. The van der Waals surface area contributed by atoms with Crippen molar-refractivity contribution in [2.75, 3.05) is 4.90 Å². The van der Waals surface area contributed by atoms with Crippen molar-refractivity contribution in [3.05, 3.63) is 33.6 Å². The van der Waals surface area contributed by atoms with Crippen LogP contribution < -0.4 is 4.90 Å². The van der Waals surface area contributed by atoms with Gasteiger partial charge in [0.1, 0.15) is 11.4 Å². The van der Waals surface area contributed by atoms with Gasteiger partial charge in [-0.05, 0) is 32.2 Å². The van der Waals surface area contributed by atoms with E-state index in [4.69, 9.17) is 0 Å². The van der Waals surface area contributed by atoms with Crippen molar-refractivity contribution in [1.29, 1.82) is 0 Å². The molecule has 0 spiro atoms. The van der Waals surface area contributed by atoms with Gasteiger partial charge in [-0.15, -0.1) is 11.3 Å². The fourth-order valence-corrected chi connectivity index (χ4v) is 3.00. The third kappa shape index (κ3) is 2.70. The topological polar surface area (TPSA) is 58.4 Å². The number of hydrogen-bond donors (Lipinski definition) is 1. The van der Waals surface area contributed by atoms with E-state index >= 15 is 0 Å². The molecule has 0 unspecified atom stereocenters. The summed E-state index contributed by atoms with van der Waals surface area (Å²) in [6.45, 7) is 6.54. The molecule has 0 bridgehead atoms. The Morgan fingerprint density at radius 3 is 2.75 bits per heavy atom. The van der Waals surface area contributed by atoms with Gasteiger partial charge in [0, 0.05) is 18.0 Å². The predicted octanol–water partition coefficient (Wildman–Crippen LogP) is 2.90. The number of thiophene rings is 1. The van der Waals surface area contributed by atoms with Crippen LogP contribution in [0.5, 0.6) is 0 Å². The van der Waals surface area contributed by atoms with Gasteiger partial charge in [-0.25, -0.2) is 4.79 Å². The quantitative estimate of drug-likeness (QED) is 0.921. The van der Waals surface area contributed by atoms with Crippen LogP contribution in [0.25, 0.3) is 0 Å². The van der Waals surface area contributed by atoms with Crippen molar-refractivity contribution < 1.29 is 9.90 Å². The van der Waals surface area contributed by atoms with Crippen molar-refractivity contribution in [3.8, 4) is 0 Å². The summed E-state index contributed by atoms with van der Waals surface area (Å²) in [5.41, 5.74) is 0.838. The first-order chi connectivity index (χ1) is 9.41. The Kier molecular flexibility index (Phi) is 4.13. The maximum absolute atomic E-state index is 11.5. The van der Waals surface area contributed by atoms with Crippen LogP contribution in [0.2, 0.25) is 0 Å². The lowest BCUT2D eigenvalue weighted by atomic mass is 10.2. The Morgan fingerprint density at radius 1 is 1.55 bits per heavy atom. The van der Waals surface area contributed by atoms with Gasteiger partial charge >= 0.3 is 5.97 Å². The summed E-state index contributed by atoms with van der Waals surface area (Å²) < 4.78 is 1.66. The zero-order valence-electron chi connectivity index (χ0n) is 12.1. The van der Waals surface area contributed by atoms with Crippen LogP contribution >= 0.6 is 11.3 Å². The smallest absolute Gasteiger partial charge is 0.341 e. The van der Waals surface area contributed by atoms with Crippen molar-refractivity contribution in [1.82, 2.24) is 9.78 Å². The van der Waals surface area contributed by atoms with Crippen molar-refractivity contribution in [3.63, 3.8) is 0 Å². The lowest BCUT2D eigenvalue weighted by Gasteiger charge is -2.28. The van der Waals surface area contributed by atoms with Crippen LogP contribution in [0.1, 0.15) is 34.8 Å². The summed E-state index contributed by atoms with van der Waals surface area (Å²) in [6.07, 6.45) is 0. The molecular formula is C14H19N3O2S. The first-order valence-electron chi connectivity index (χ1n) is 6.47. The van der Waals surface area contributed by atoms with E-state index in [1.54, 1.807) is 30.0 Å². The highest BCUT2D eigenvalue weighted by Crippen LogP contribution is 2.27. The summed E-state index contributed by atoms with van der Waals surface area (Å²) in [5.74, 6) is -0.263. The molecule has 0 aliphatic carbocycles. The number of aromatic nitrogens is 2. The van der Waals surface area contributed by atoms with Crippen LogP contribution in [0, 0.1) is 6.92 Å². The number of nitrogens with zero attached hydrogens (tertiary/aromatic N) is 3. The fraction of sp³-hybridized carbons (Fsp3) is 0.429. The molecule has 1 N–H and O–H groups in total. The second-order valence-electron chi connectivity index (χ2n) is 5.01. The number of carboxylic acids is 1. The molecule has 20 heavy (non-hydrogen) atoms. The highest BCUT2D eigenvalue weighted by Gasteiger charge is 2.26. The van der Waals surface area contributed by atoms with Crippen molar-refractivity contribution >= 4 is 23.1 Å². The van der Waals surface area contributed by atoms with Gasteiger partial charge in [-0.2, -0.15) is 5.10 Å². The van der Waals surface area contributed by atoms with E-state index in [-0.39, 0.29) is 11.6 Å². The van der Waals surface area contributed by atoms with E-state index in [9.17, 15) is 9.90 Å². The summed E-state index contributed by atoms with van der Waals surface area (Å²) in [4.78, 5) is 14.8. The molecule has 0 fully saturated rings. The standard InChI is InChI=1S/C14H19N3O2S/c1-9(2)17(8-11-6-5-7-20-11)13-12(14(18)19)10(3)15-16(13)4/h5-7,9H,8H2,1-4H3,(H,18,19). The number of aryl methyl sites for hydroxylation is 2. The van der Waals surface area contributed by atoms with Crippen molar-refractivity contribution in [2.45, 2.75) is 33.4 Å². The Bertz CT molecular complexity index is 602. The average Bonchev–Trinajstić information content (AvgIpc) is 2.93. The Hall–Kier alpha value is -1.82. The van der Waals surface area contributed by atoms with E-state index in [2.05, 4.69) is 29.9 Å². The number of aromatic carboxylic acids is 1. The molecule has 2 aromatic heterocycles. The molecule has 2 rings (SSSR count). The molecule has 0 aliphatic heterocycles. The summed E-state index contributed by atoms with van der Waals surface area (Å²) in [6, 6.07) is 4.25. The molecule has 6 heteroatoms. The van der Waals surface area contributed by atoms with Gasteiger partial charge in [0.15, 0.2) is 0 Å². The van der Waals surface area contributed by atoms with E-state index in [0.29, 0.717) is 18.1 Å². The van der Waals surface area contributed by atoms with Crippen LogP contribution in [0.15, 0.2) is 17.5 Å². The first kappa shape index (κ1) is 14.6. The lowest BCUT2D eigenvalue weighted by molar-refractivity contribution is 0.0696. The van der Waals surface area contributed by atoms with Gasteiger partial charge in [-0.3, -0.25) is 4.68 Å². The molecule has 0 aliphatic rings.